The maximum absolute atomic E-state index is 12.3. The highest BCUT2D eigenvalue weighted by atomic mass is 35.5. The van der Waals surface area contributed by atoms with Gasteiger partial charge in [0.25, 0.3) is 11.7 Å². The second-order valence-corrected chi connectivity index (χ2v) is 5.70. The summed E-state index contributed by atoms with van der Waals surface area (Å²) >= 11 is 5.99. The molecule has 5 nitrogen and oxygen atoms in total. The molecule has 0 bridgehead atoms. The largest absolute Gasteiger partial charge is 0.341 e. The summed E-state index contributed by atoms with van der Waals surface area (Å²) in [6.45, 7) is 1.34. The zero-order chi connectivity index (χ0) is 15.0. The molecule has 0 atom stereocenters. The van der Waals surface area contributed by atoms with Crippen LogP contribution in [0, 0.1) is 0 Å². The summed E-state index contributed by atoms with van der Waals surface area (Å²) in [7, 11) is 0. The number of piperidine rings is 1. The number of rotatable bonds is 2. The van der Waals surface area contributed by atoms with Gasteiger partial charge in [-0.15, -0.1) is 0 Å². The van der Waals surface area contributed by atoms with Gasteiger partial charge in [-0.3, -0.25) is 19.3 Å². The molecule has 1 fully saturated rings. The lowest BCUT2D eigenvalue weighted by Crippen LogP contribution is -2.44. The summed E-state index contributed by atoms with van der Waals surface area (Å²) in [6, 6.07) is 4.89. The molecular weight excluding hydrogens is 292 g/mol. The summed E-state index contributed by atoms with van der Waals surface area (Å²) < 4.78 is 0. The minimum Gasteiger partial charge on any atom is -0.341 e. The van der Waals surface area contributed by atoms with Gasteiger partial charge in [-0.05, 0) is 31.4 Å². The first-order valence-corrected chi connectivity index (χ1v) is 7.40. The third kappa shape index (κ3) is 2.42. The van der Waals surface area contributed by atoms with Crippen LogP contribution in [-0.2, 0) is 9.59 Å². The molecule has 21 heavy (non-hydrogen) atoms. The Morgan fingerprint density at radius 3 is 2.57 bits per heavy atom. The normalized spacial score (nSPS) is 18.1. The van der Waals surface area contributed by atoms with Crippen LogP contribution in [0.3, 0.4) is 0 Å². The van der Waals surface area contributed by atoms with Crippen molar-refractivity contribution in [1.82, 2.24) is 4.90 Å². The second kappa shape index (κ2) is 5.48. The summed E-state index contributed by atoms with van der Waals surface area (Å²) in [5.41, 5.74) is 0.637. The second-order valence-electron chi connectivity index (χ2n) is 5.30. The maximum atomic E-state index is 12.3. The number of halogens is 1. The van der Waals surface area contributed by atoms with Gasteiger partial charge < -0.3 is 4.90 Å². The molecule has 1 aromatic carbocycles. The molecule has 0 radical (unpaired) electrons. The van der Waals surface area contributed by atoms with Crippen LogP contribution in [0.15, 0.2) is 18.2 Å². The smallest absolute Gasteiger partial charge is 0.300 e. The Hall–Kier alpha value is -1.88. The van der Waals surface area contributed by atoms with E-state index in [-0.39, 0.29) is 23.0 Å². The highest BCUT2D eigenvalue weighted by Gasteiger charge is 2.38. The molecule has 2 amide bonds. The molecule has 2 aliphatic rings. The zero-order valence-corrected chi connectivity index (χ0v) is 12.2. The van der Waals surface area contributed by atoms with Crippen molar-refractivity contribution < 1.29 is 14.4 Å². The number of likely N-dealkylation sites (tertiary alicyclic amines) is 1. The highest BCUT2D eigenvalue weighted by molar-refractivity contribution is 6.55. The third-order valence-corrected chi connectivity index (χ3v) is 4.27. The Morgan fingerprint density at radius 2 is 1.86 bits per heavy atom. The number of Topliss-reactive ketones (excluding diaryl/α,β-unsaturated/α-hetero) is 1. The predicted molar refractivity (Wildman–Crippen MR) is 78.6 cm³/mol. The number of carbonyl (C=O) groups excluding carboxylic acids is 3. The van der Waals surface area contributed by atoms with Gasteiger partial charge in [0.15, 0.2) is 0 Å². The van der Waals surface area contributed by atoms with Crippen LogP contribution >= 0.6 is 11.6 Å². The molecule has 0 aromatic heterocycles. The first kappa shape index (κ1) is 14.1. The van der Waals surface area contributed by atoms with Crippen LogP contribution in [0.4, 0.5) is 5.69 Å². The number of benzene rings is 1. The van der Waals surface area contributed by atoms with Gasteiger partial charge in [0.1, 0.15) is 6.54 Å². The summed E-state index contributed by atoms with van der Waals surface area (Å²) in [6.07, 6.45) is 3.10. The van der Waals surface area contributed by atoms with Crippen LogP contribution < -0.4 is 4.90 Å². The molecule has 0 saturated carbocycles. The predicted octanol–water partition coefficient (Wildman–Crippen LogP) is 1.88. The van der Waals surface area contributed by atoms with E-state index in [0.717, 1.165) is 32.4 Å². The van der Waals surface area contributed by atoms with Gasteiger partial charge >= 0.3 is 0 Å². The first-order chi connectivity index (χ1) is 10.1. The fourth-order valence-electron chi connectivity index (χ4n) is 2.84. The summed E-state index contributed by atoms with van der Waals surface area (Å²) in [5, 5.41) is 0.249. The number of amides is 2. The van der Waals surface area contributed by atoms with Crippen molar-refractivity contribution in [3.05, 3.63) is 28.8 Å². The summed E-state index contributed by atoms with van der Waals surface area (Å²) in [5.74, 6) is -1.44. The molecule has 1 saturated heterocycles. The van der Waals surface area contributed by atoms with E-state index in [9.17, 15) is 14.4 Å². The summed E-state index contributed by atoms with van der Waals surface area (Å²) in [4.78, 5) is 39.3. The number of nitrogens with zero attached hydrogens (tertiary/aromatic N) is 2. The lowest BCUT2D eigenvalue weighted by molar-refractivity contribution is -0.131. The molecule has 0 N–H and O–H groups in total. The SMILES string of the molecule is O=C1C(=O)N(CC(=O)N2CCCCC2)c2cccc(Cl)c21. The molecule has 0 unspecified atom stereocenters. The van der Waals surface area contributed by atoms with E-state index in [2.05, 4.69) is 0 Å². The Balaban J connectivity index is 1.83. The van der Waals surface area contributed by atoms with Gasteiger partial charge in [-0.1, -0.05) is 17.7 Å². The van der Waals surface area contributed by atoms with Crippen LogP contribution in [-0.4, -0.2) is 42.1 Å². The Bertz CT molecular complexity index is 623. The van der Waals surface area contributed by atoms with E-state index in [0.29, 0.717) is 5.69 Å². The van der Waals surface area contributed by atoms with E-state index in [1.165, 1.54) is 4.90 Å². The van der Waals surface area contributed by atoms with Crippen LogP contribution in [0.1, 0.15) is 29.6 Å². The molecule has 1 aromatic rings. The van der Waals surface area contributed by atoms with Crippen LogP contribution in [0.5, 0.6) is 0 Å². The van der Waals surface area contributed by atoms with Crippen molar-refractivity contribution in [2.24, 2.45) is 0 Å². The van der Waals surface area contributed by atoms with E-state index in [1.807, 2.05) is 0 Å². The van der Waals surface area contributed by atoms with Crippen molar-refractivity contribution in [2.45, 2.75) is 19.3 Å². The molecule has 2 aliphatic heterocycles. The van der Waals surface area contributed by atoms with Gasteiger partial charge in [0, 0.05) is 13.1 Å². The number of anilines is 1. The highest BCUT2D eigenvalue weighted by Crippen LogP contribution is 2.34. The molecule has 0 aliphatic carbocycles. The van der Waals surface area contributed by atoms with E-state index >= 15 is 0 Å². The third-order valence-electron chi connectivity index (χ3n) is 3.95. The monoisotopic (exact) mass is 306 g/mol. The Kier molecular flexibility index (Phi) is 3.68. The van der Waals surface area contributed by atoms with Gasteiger partial charge in [0.05, 0.1) is 16.3 Å². The minimum atomic E-state index is -0.677. The molecule has 3 rings (SSSR count). The van der Waals surface area contributed by atoms with Crippen molar-refractivity contribution in [3.63, 3.8) is 0 Å². The average molecular weight is 307 g/mol. The molecule has 2 heterocycles. The Morgan fingerprint density at radius 1 is 1.14 bits per heavy atom. The molecule has 110 valence electrons. The maximum Gasteiger partial charge on any atom is 0.300 e. The molecule has 0 spiro atoms. The lowest BCUT2D eigenvalue weighted by atomic mass is 10.1. The zero-order valence-electron chi connectivity index (χ0n) is 11.5. The van der Waals surface area contributed by atoms with Crippen molar-refractivity contribution in [2.75, 3.05) is 24.5 Å². The number of ketones is 1. The van der Waals surface area contributed by atoms with E-state index in [4.69, 9.17) is 11.6 Å². The topological polar surface area (TPSA) is 57.7 Å². The number of hydrogen-bond donors (Lipinski definition) is 0. The van der Waals surface area contributed by atoms with Gasteiger partial charge in [0.2, 0.25) is 5.91 Å². The van der Waals surface area contributed by atoms with Crippen LogP contribution in [0.25, 0.3) is 0 Å². The number of carbonyl (C=O) groups is 3. The van der Waals surface area contributed by atoms with Crippen molar-refractivity contribution in [1.29, 1.82) is 0 Å². The average Bonchev–Trinajstić information content (AvgIpc) is 2.74. The minimum absolute atomic E-state index is 0.0993. The first-order valence-electron chi connectivity index (χ1n) is 7.02. The van der Waals surface area contributed by atoms with Gasteiger partial charge in [-0.25, -0.2) is 0 Å². The van der Waals surface area contributed by atoms with Crippen LogP contribution in [0.2, 0.25) is 5.02 Å². The lowest BCUT2D eigenvalue weighted by Gasteiger charge is -2.28. The van der Waals surface area contributed by atoms with E-state index in [1.54, 1.807) is 23.1 Å². The molecule has 6 heteroatoms. The van der Waals surface area contributed by atoms with Crippen molar-refractivity contribution in [3.8, 4) is 0 Å². The number of fused-ring (bicyclic) bond motifs is 1. The standard InChI is InChI=1S/C15H15ClN2O3/c16-10-5-4-6-11-13(10)14(20)15(21)18(11)9-12(19)17-7-2-1-3-8-17/h4-6H,1-3,7-9H2. The van der Waals surface area contributed by atoms with Crippen molar-refractivity contribution >= 4 is 34.9 Å². The fourth-order valence-corrected chi connectivity index (χ4v) is 3.09. The van der Waals surface area contributed by atoms with Gasteiger partial charge in [-0.2, -0.15) is 0 Å². The Labute approximate surface area is 127 Å². The number of hydrogen-bond acceptors (Lipinski definition) is 3. The molecular formula is C15H15ClN2O3. The van der Waals surface area contributed by atoms with E-state index < -0.39 is 11.7 Å². The quantitative estimate of drug-likeness (QED) is 0.784. The fraction of sp³-hybridized carbons (Fsp3) is 0.400.